The Morgan fingerprint density at radius 3 is 1.48 bits per heavy atom. The third-order valence-electron chi connectivity index (χ3n) is 6.33. The highest BCUT2D eigenvalue weighted by molar-refractivity contribution is 6.61. The van der Waals surface area contributed by atoms with Gasteiger partial charge in [-0.05, 0) is 40.2 Å². The molecule has 2 aliphatic rings. The van der Waals surface area contributed by atoms with Crippen molar-refractivity contribution in [3.63, 3.8) is 0 Å². The number of nitrogens with one attached hydrogen (secondary N) is 2. The fourth-order valence-corrected chi connectivity index (χ4v) is 3.90. The predicted octanol–water partition coefficient (Wildman–Crippen LogP) is -0.590. The van der Waals surface area contributed by atoms with Gasteiger partial charge in [0.2, 0.25) is 5.91 Å². The van der Waals surface area contributed by atoms with Crippen molar-refractivity contribution in [3.05, 3.63) is 31.3 Å². The fraction of sp³-hybridized carbons (Fsp3) is 0.828. The van der Waals surface area contributed by atoms with E-state index in [1.807, 2.05) is 27.7 Å². The molecule has 2 heterocycles. The molecule has 2 aliphatic heterocycles. The smallest absolute Gasteiger partial charge is 0.481 e. The molecule has 2 saturated heterocycles. The number of carbonyl (C=O) groups excluding carboxylic acids is 4. The number of aliphatic carboxylic acids is 1. The number of azide groups is 3. The number of amides is 1. The van der Waals surface area contributed by atoms with Crippen molar-refractivity contribution in [2.24, 2.45) is 27.2 Å². The van der Waals surface area contributed by atoms with Crippen LogP contribution in [0.2, 0.25) is 0 Å². The van der Waals surface area contributed by atoms with E-state index in [9.17, 15) is 54.6 Å². The number of carboxylic acids is 1. The number of halogens is 2. The lowest BCUT2D eigenvalue weighted by Gasteiger charge is -2.40. The molecule has 30 nitrogen and oxygen atoms in total. The Bertz CT molecular complexity index is 1440. The van der Waals surface area contributed by atoms with Crippen LogP contribution in [0.15, 0.2) is 15.3 Å². The van der Waals surface area contributed by atoms with Crippen LogP contribution in [0.3, 0.4) is 0 Å². The summed E-state index contributed by atoms with van der Waals surface area (Å²) in [5.41, 5.74) is 22.7. The molecule has 352 valence electrons. The number of aliphatic hydroxyl groups excluding tert-OH is 8. The first-order valence-corrected chi connectivity index (χ1v) is 17.5. The van der Waals surface area contributed by atoms with Crippen molar-refractivity contribution in [3.8, 4) is 0 Å². The Kier molecular flexibility index (Phi) is 38.5. The molecule has 5 unspecified atom stereocenters. The molecule has 2 fully saturated rings. The van der Waals surface area contributed by atoms with Crippen molar-refractivity contribution in [1.82, 2.24) is 10.2 Å². The quantitative estimate of drug-likeness (QED) is 0.0197. The van der Waals surface area contributed by atoms with Gasteiger partial charge < -0.3 is 75.0 Å². The minimum absolute atomic E-state index is 0. The van der Waals surface area contributed by atoms with Crippen LogP contribution in [0.4, 0.5) is 9.59 Å². The summed E-state index contributed by atoms with van der Waals surface area (Å²) in [6, 6.07) is -2.25. The number of nitrogens with zero attached hydrogens (tertiary/aromatic N) is 9. The Hall–Kier alpha value is -4.58. The number of ether oxygens (including phenoxy) is 5. The minimum Gasteiger partial charge on any atom is -0.481 e. The molecule has 0 bridgehead atoms. The van der Waals surface area contributed by atoms with Crippen LogP contribution in [0.1, 0.15) is 35.1 Å². The van der Waals surface area contributed by atoms with E-state index in [-0.39, 0.29) is 20.0 Å². The van der Waals surface area contributed by atoms with E-state index < -0.39 is 124 Å². The molecule has 0 radical (unpaired) electrons. The molecular formula is C29H53Cl2N11O19. The molecule has 1 amide bonds. The van der Waals surface area contributed by atoms with Gasteiger partial charge in [0.15, 0.2) is 12.6 Å². The molecule has 0 aromatic heterocycles. The summed E-state index contributed by atoms with van der Waals surface area (Å²) in [6.45, 7) is 5.58. The van der Waals surface area contributed by atoms with E-state index in [1.165, 1.54) is 0 Å². The predicted molar refractivity (Wildman–Crippen MR) is 205 cm³/mol. The first-order valence-electron chi connectivity index (χ1n) is 16.8. The number of carboxylic acid groups (broad SMARTS) is 1. The highest BCUT2D eigenvalue weighted by Crippen LogP contribution is 2.20. The Balaban J connectivity index is -0.000000345. The van der Waals surface area contributed by atoms with Crippen LogP contribution in [-0.2, 0) is 38.1 Å². The summed E-state index contributed by atoms with van der Waals surface area (Å²) >= 11 is 10.1. The van der Waals surface area contributed by atoms with Gasteiger partial charge in [-0.3, -0.25) is 14.4 Å². The molecule has 0 spiro atoms. The maximum absolute atomic E-state index is 11.2. The summed E-state index contributed by atoms with van der Waals surface area (Å²) < 4.78 is 22.7. The van der Waals surface area contributed by atoms with Crippen LogP contribution in [0.25, 0.3) is 31.3 Å². The molecule has 32 heteroatoms. The molecular weight excluding hydrogens is 877 g/mol. The average Bonchev–Trinajstić information content (AvgIpc) is 3.19. The number of carbonyl (C=O) groups is 5. The van der Waals surface area contributed by atoms with Crippen LogP contribution in [-0.4, -0.2) is 183 Å². The maximum Gasteiger partial charge on any atom is 0.516 e. The number of hydrogen-bond donors (Lipinski definition) is 11. The van der Waals surface area contributed by atoms with Crippen molar-refractivity contribution >= 4 is 52.8 Å². The van der Waals surface area contributed by atoms with Gasteiger partial charge in [-0.25, -0.2) is 14.4 Å². The summed E-state index contributed by atoms with van der Waals surface area (Å²) in [6.07, 6.45) is -11.7. The van der Waals surface area contributed by atoms with Crippen molar-refractivity contribution < 1.29 is 93.6 Å². The van der Waals surface area contributed by atoms with Crippen molar-refractivity contribution in [2.45, 2.75) is 96.4 Å². The Morgan fingerprint density at radius 1 is 0.705 bits per heavy atom. The van der Waals surface area contributed by atoms with Gasteiger partial charge >= 0.3 is 23.5 Å². The minimum atomic E-state index is -1.59. The highest BCUT2D eigenvalue weighted by Gasteiger charge is 2.44. The largest absolute Gasteiger partial charge is 0.516 e. The lowest BCUT2D eigenvalue weighted by molar-refractivity contribution is -0.253. The third kappa shape index (κ3) is 31.0. The summed E-state index contributed by atoms with van der Waals surface area (Å²) in [4.78, 5) is 61.0. The van der Waals surface area contributed by atoms with Gasteiger partial charge in [0.05, 0.1) is 26.4 Å². The molecule has 0 aromatic carbocycles. The monoisotopic (exact) mass is 929 g/mol. The number of esters is 1. The van der Waals surface area contributed by atoms with Crippen LogP contribution >= 0.6 is 23.4 Å². The molecule has 2 rings (SSSR count). The summed E-state index contributed by atoms with van der Waals surface area (Å²) in [5.74, 6) is -2.27. The van der Waals surface area contributed by atoms with Gasteiger partial charge in [0.25, 0.3) is 0 Å². The zero-order valence-corrected chi connectivity index (χ0v) is 33.8. The van der Waals surface area contributed by atoms with Gasteiger partial charge in [0, 0.05) is 26.3 Å². The summed E-state index contributed by atoms with van der Waals surface area (Å²) in [7, 11) is 0. The van der Waals surface area contributed by atoms with Crippen LogP contribution < -0.4 is 10.2 Å². The van der Waals surface area contributed by atoms with Gasteiger partial charge in [-0.15, -0.1) is 0 Å². The van der Waals surface area contributed by atoms with E-state index in [0.29, 0.717) is 12.5 Å². The Morgan fingerprint density at radius 2 is 1.11 bits per heavy atom. The van der Waals surface area contributed by atoms with E-state index >= 15 is 0 Å². The maximum atomic E-state index is 11.2. The average molecular weight is 931 g/mol. The number of rotatable bonds is 14. The topological polar surface area (TPSA) is 484 Å². The number of aliphatic hydroxyl groups is 8. The van der Waals surface area contributed by atoms with Gasteiger partial charge in [-0.2, -0.15) is 0 Å². The molecule has 10 atom stereocenters. The third-order valence-corrected chi connectivity index (χ3v) is 6.69. The van der Waals surface area contributed by atoms with E-state index in [4.69, 9.17) is 64.8 Å². The first kappa shape index (κ1) is 63.1. The fourth-order valence-electron chi connectivity index (χ4n) is 3.60. The lowest BCUT2D eigenvalue weighted by atomic mass is 9.97. The summed E-state index contributed by atoms with van der Waals surface area (Å²) in [5, 5.41) is 92.7. The van der Waals surface area contributed by atoms with Gasteiger partial charge in [-0.1, -0.05) is 50.5 Å². The Labute approximate surface area is 357 Å². The second kappa shape index (κ2) is 37.2. The zero-order chi connectivity index (χ0) is 47.0. The molecule has 0 saturated carbocycles. The lowest BCUT2D eigenvalue weighted by Crippen LogP contribution is -2.64. The second-order valence-electron chi connectivity index (χ2n) is 12.1. The van der Waals surface area contributed by atoms with Crippen LogP contribution in [0.5, 0.6) is 0 Å². The molecule has 0 aromatic rings. The van der Waals surface area contributed by atoms with E-state index in [0.717, 1.165) is 0 Å². The second-order valence-corrected chi connectivity index (χ2v) is 12.6. The first-order chi connectivity index (χ1) is 28.1. The molecule has 11 N–H and O–H groups in total. The zero-order valence-electron chi connectivity index (χ0n) is 32.3. The molecule has 61 heavy (non-hydrogen) atoms. The van der Waals surface area contributed by atoms with Crippen LogP contribution in [0, 0.1) is 11.8 Å². The van der Waals surface area contributed by atoms with E-state index in [1.54, 1.807) is 0 Å². The normalized spacial score (nSPS) is 24.5. The van der Waals surface area contributed by atoms with E-state index in [2.05, 4.69) is 54.4 Å². The standard InChI is InChI=1S/C8H14N4O6.C7H11N3O4.C6H12ClNO5.C5H9ClO2.C2H3N3O2.CH4/c9-12-10-1-4(14)11-5-7(16)6(15)3(2-13)18-8(5)17;1-5(2)4-13-7(12)14-6(11)3-9-10-8;7-8-3-5(11)4(10)2(1-9)13-6(3)12;1-4(2)3-8-5(6)7;3-5-4-1-2(6)7;/h3,5-8,13,15-17H,1-2H2,(H,11,14);5H,3-4H2,1-2H3;2-6,8-12H,1H2;4H,3H2,1-2H3;1H2,(H,6,7);1H4/t3?,5-,6-,7-,8?;;2?,3?,4-,5-,6?;;;/m1.1.../s1. The SMILES string of the molecule is C.CC(C)COC(=O)Cl.CC(C)COC(=O)OC(=O)CN=[N+]=[N-].OCC1OC(O)C(NCl)[C@@H](O)[C@@H]1O.[N-]=[N+]=NCC(=O)N[C@H]1C(O)OC(CO)[C@@H](O)[C@@H]1O.[N-]=[N+]=NCC(=O)O. The van der Waals surface area contributed by atoms with Gasteiger partial charge in [0.1, 0.15) is 68.3 Å². The van der Waals surface area contributed by atoms with Crippen molar-refractivity contribution in [2.75, 3.05) is 46.1 Å². The molecule has 0 aliphatic carbocycles. The number of hydrogen-bond acceptors (Lipinski definition) is 22. The van der Waals surface area contributed by atoms with Crippen molar-refractivity contribution in [1.29, 1.82) is 0 Å². The highest BCUT2D eigenvalue weighted by atomic mass is 35.5.